The number of carbonyl (C=O) groups excluding carboxylic acids is 1. The molecule has 1 aromatic carbocycles. The van der Waals surface area contributed by atoms with E-state index in [2.05, 4.69) is 5.32 Å². The fraction of sp³-hybridized carbons (Fsp3) is 0.333. The molecule has 0 unspecified atom stereocenters. The lowest BCUT2D eigenvalue weighted by molar-refractivity contribution is 0.139. The number of para-hydroxylation sites is 1. The van der Waals surface area contributed by atoms with E-state index in [4.69, 9.17) is 0 Å². The van der Waals surface area contributed by atoms with Gasteiger partial charge in [0, 0.05) is 43.0 Å². The summed E-state index contributed by atoms with van der Waals surface area (Å²) in [7, 11) is 0. The first kappa shape index (κ1) is 14.1. The van der Waals surface area contributed by atoms with Gasteiger partial charge in [-0.25, -0.2) is 4.79 Å². The minimum Gasteiger partial charge on any atom is -0.324 e. The van der Waals surface area contributed by atoms with Crippen LogP contribution in [0.2, 0.25) is 0 Å². The van der Waals surface area contributed by atoms with Crippen LogP contribution < -0.4 is 10.9 Å². The van der Waals surface area contributed by atoms with Gasteiger partial charge in [-0.15, -0.1) is 0 Å². The van der Waals surface area contributed by atoms with Gasteiger partial charge in [-0.2, -0.15) is 0 Å². The molecular weight excluding hydrogens is 290 g/mol. The lowest BCUT2D eigenvalue weighted by atomic mass is 9.83. The fourth-order valence-electron chi connectivity index (χ4n) is 3.79. The molecule has 118 valence electrons. The molecule has 0 aliphatic carbocycles. The Bertz CT molecular complexity index is 784. The number of amides is 2. The number of anilines is 1. The first-order chi connectivity index (χ1) is 11.2. The molecule has 5 nitrogen and oxygen atoms in total. The van der Waals surface area contributed by atoms with Crippen molar-refractivity contribution in [2.75, 3.05) is 18.4 Å². The summed E-state index contributed by atoms with van der Waals surface area (Å²) in [6.45, 7) is 2.08. The van der Waals surface area contributed by atoms with Gasteiger partial charge in [0.05, 0.1) is 0 Å². The number of piperidine rings is 1. The van der Waals surface area contributed by atoms with E-state index in [1.54, 1.807) is 6.07 Å². The van der Waals surface area contributed by atoms with Crippen molar-refractivity contribution in [2.24, 2.45) is 5.92 Å². The van der Waals surface area contributed by atoms with E-state index in [0.717, 1.165) is 17.8 Å². The van der Waals surface area contributed by atoms with Crippen molar-refractivity contribution in [1.82, 2.24) is 9.47 Å². The Morgan fingerprint density at radius 2 is 1.83 bits per heavy atom. The van der Waals surface area contributed by atoms with Crippen molar-refractivity contribution in [3.63, 3.8) is 0 Å². The first-order valence-electron chi connectivity index (χ1n) is 8.01. The van der Waals surface area contributed by atoms with Gasteiger partial charge in [0.2, 0.25) is 0 Å². The molecule has 2 amide bonds. The number of likely N-dealkylation sites (tertiary alicyclic amines) is 1. The zero-order valence-electron chi connectivity index (χ0n) is 12.8. The summed E-state index contributed by atoms with van der Waals surface area (Å²) in [6.07, 6.45) is 1.05. The van der Waals surface area contributed by atoms with Crippen LogP contribution in [-0.2, 0) is 6.54 Å². The largest absolute Gasteiger partial charge is 0.324 e. The van der Waals surface area contributed by atoms with Gasteiger partial charge in [0.1, 0.15) is 0 Å². The number of rotatable bonds is 1. The molecule has 1 fully saturated rings. The number of pyridine rings is 1. The maximum atomic E-state index is 12.5. The molecule has 5 heteroatoms. The van der Waals surface area contributed by atoms with Gasteiger partial charge < -0.3 is 14.8 Å². The maximum absolute atomic E-state index is 12.5. The number of fused-ring (bicyclic) bond motifs is 4. The standard InChI is InChI=1S/C18H19N3O2/c22-17-8-4-7-16-14-9-13(11-21(16)17)10-20(12-14)18(23)19-15-5-2-1-3-6-15/h1-8,13-14H,9-12H2,(H,19,23)/t13-,14-/m0/s1. The van der Waals surface area contributed by atoms with Crippen LogP contribution in [-0.4, -0.2) is 28.6 Å². The monoisotopic (exact) mass is 309 g/mol. The highest BCUT2D eigenvalue weighted by molar-refractivity contribution is 5.89. The number of benzene rings is 1. The van der Waals surface area contributed by atoms with Crippen LogP contribution in [0.1, 0.15) is 18.0 Å². The van der Waals surface area contributed by atoms with E-state index in [0.29, 0.717) is 25.6 Å². The number of hydrogen-bond acceptors (Lipinski definition) is 2. The molecule has 2 aliphatic rings. The third kappa shape index (κ3) is 2.63. The number of carbonyl (C=O) groups is 1. The van der Waals surface area contributed by atoms with Gasteiger partial charge in [0.25, 0.3) is 5.56 Å². The molecular formula is C18H19N3O2. The van der Waals surface area contributed by atoms with E-state index in [1.807, 2.05) is 51.9 Å². The molecule has 1 N–H and O–H groups in total. The van der Waals surface area contributed by atoms with E-state index >= 15 is 0 Å². The van der Waals surface area contributed by atoms with E-state index in [9.17, 15) is 9.59 Å². The normalized spacial score (nSPS) is 22.3. The second-order valence-electron chi connectivity index (χ2n) is 6.40. The van der Waals surface area contributed by atoms with E-state index < -0.39 is 0 Å². The van der Waals surface area contributed by atoms with Crippen LogP contribution in [0.25, 0.3) is 0 Å². The molecule has 1 aromatic heterocycles. The zero-order chi connectivity index (χ0) is 15.8. The van der Waals surface area contributed by atoms with Gasteiger partial charge in [-0.3, -0.25) is 4.79 Å². The van der Waals surface area contributed by atoms with Crippen LogP contribution in [0.4, 0.5) is 10.5 Å². The number of urea groups is 1. The predicted molar refractivity (Wildman–Crippen MR) is 88.6 cm³/mol. The van der Waals surface area contributed by atoms with Crippen molar-refractivity contribution >= 4 is 11.7 Å². The fourth-order valence-corrected chi connectivity index (χ4v) is 3.79. The molecule has 2 bridgehead atoms. The number of hydrogen-bond donors (Lipinski definition) is 1. The summed E-state index contributed by atoms with van der Waals surface area (Å²) < 4.78 is 1.88. The number of aromatic nitrogens is 1. The third-order valence-electron chi connectivity index (χ3n) is 4.79. The summed E-state index contributed by atoms with van der Waals surface area (Å²) in [5, 5.41) is 2.95. The van der Waals surface area contributed by atoms with Crippen LogP contribution in [0.15, 0.2) is 53.3 Å². The minimum absolute atomic E-state index is 0.0578. The molecule has 2 aromatic rings. The molecule has 3 heterocycles. The summed E-state index contributed by atoms with van der Waals surface area (Å²) in [4.78, 5) is 26.4. The summed E-state index contributed by atoms with van der Waals surface area (Å²) in [6, 6.07) is 14.9. The summed E-state index contributed by atoms with van der Waals surface area (Å²) in [5.41, 5.74) is 1.94. The van der Waals surface area contributed by atoms with Crippen molar-refractivity contribution in [2.45, 2.75) is 18.9 Å². The highest BCUT2D eigenvalue weighted by Gasteiger charge is 2.36. The Kier molecular flexibility index (Phi) is 3.41. The predicted octanol–water partition coefficient (Wildman–Crippen LogP) is 2.50. The van der Waals surface area contributed by atoms with Crippen LogP contribution in [0.3, 0.4) is 0 Å². The average molecular weight is 309 g/mol. The molecule has 4 rings (SSSR count). The Morgan fingerprint density at radius 3 is 2.65 bits per heavy atom. The average Bonchev–Trinajstić information content (AvgIpc) is 2.57. The van der Waals surface area contributed by atoms with E-state index in [-0.39, 0.29) is 17.5 Å². The molecule has 23 heavy (non-hydrogen) atoms. The second-order valence-corrected chi connectivity index (χ2v) is 6.40. The number of nitrogens with one attached hydrogen (secondary N) is 1. The van der Waals surface area contributed by atoms with E-state index in [1.165, 1.54) is 0 Å². The lowest BCUT2D eigenvalue weighted by Gasteiger charge is -2.42. The molecule has 2 aliphatic heterocycles. The third-order valence-corrected chi connectivity index (χ3v) is 4.79. The lowest BCUT2D eigenvalue weighted by Crippen LogP contribution is -2.50. The Labute approximate surface area is 134 Å². The summed E-state index contributed by atoms with van der Waals surface area (Å²) >= 11 is 0. The smallest absolute Gasteiger partial charge is 0.321 e. The molecule has 1 saturated heterocycles. The topological polar surface area (TPSA) is 54.3 Å². The van der Waals surface area contributed by atoms with Crippen LogP contribution in [0, 0.1) is 5.92 Å². The highest BCUT2D eigenvalue weighted by Crippen LogP contribution is 2.35. The molecule has 2 atom stereocenters. The van der Waals surface area contributed by atoms with Crippen LogP contribution in [0.5, 0.6) is 0 Å². The van der Waals surface area contributed by atoms with Gasteiger partial charge in [-0.1, -0.05) is 24.3 Å². The van der Waals surface area contributed by atoms with Crippen molar-refractivity contribution < 1.29 is 4.79 Å². The Hall–Kier alpha value is -2.56. The van der Waals surface area contributed by atoms with Crippen LogP contribution >= 0.6 is 0 Å². The second kappa shape index (κ2) is 5.57. The molecule has 0 radical (unpaired) electrons. The minimum atomic E-state index is -0.0578. The molecule has 0 spiro atoms. The van der Waals surface area contributed by atoms with Gasteiger partial charge >= 0.3 is 6.03 Å². The highest BCUT2D eigenvalue weighted by atomic mass is 16.2. The Balaban J connectivity index is 1.54. The Morgan fingerprint density at radius 1 is 1.00 bits per heavy atom. The van der Waals surface area contributed by atoms with Crippen molar-refractivity contribution in [3.05, 3.63) is 64.6 Å². The quantitative estimate of drug-likeness (QED) is 0.880. The first-order valence-corrected chi connectivity index (χ1v) is 8.01. The SMILES string of the molecule is O=C(Nc1ccccc1)N1C[C@@H]2C[C@@H](C1)c1cccc(=O)n1C2. The number of nitrogens with zero attached hydrogens (tertiary/aromatic N) is 2. The van der Waals surface area contributed by atoms with Crippen molar-refractivity contribution in [3.8, 4) is 0 Å². The van der Waals surface area contributed by atoms with Crippen molar-refractivity contribution in [1.29, 1.82) is 0 Å². The zero-order valence-corrected chi connectivity index (χ0v) is 12.8. The maximum Gasteiger partial charge on any atom is 0.321 e. The summed E-state index contributed by atoms with van der Waals surface area (Å²) in [5.74, 6) is 0.598. The van der Waals surface area contributed by atoms with Gasteiger partial charge in [-0.05, 0) is 30.5 Å². The van der Waals surface area contributed by atoms with Gasteiger partial charge in [0.15, 0.2) is 0 Å². The molecule has 0 saturated carbocycles.